The highest BCUT2D eigenvalue weighted by atomic mass is 127. The van der Waals surface area contributed by atoms with Crippen LogP contribution in [0.25, 0.3) is 0 Å². The predicted octanol–water partition coefficient (Wildman–Crippen LogP) is 2.82. The molecule has 8 heteroatoms. The highest BCUT2D eigenvalue weighted by Gasteiger charge is 2.23. The summed E-state index contributed by atoms with van der Waals surface area (Å²) in [5, 5.41) is 9.15. The van der Waals surface area contributed by atoms with Gasteiger partial charge in [0.05, 0.1) is 17.6 Å². The van der Waals surface area contributed by atoms with Crippen LogP contribution < -0.4 is 4.74 Å². The SMILES string of the molecule is COc1ccc(CN(C)S(=O)(=O)c2ccc(I)c(C(=O)O)c2)cc1. The Morgan fingerprint density at radius 1 is 1.21 bits per heavy atom. The largest absolute Gasteiger partial charge is 0.497 e. The fraction of sp³-hybridized carbons (Fsp3) is 0.188. The van der Waals surface area contributed by atoms with Gasteiger partial charge in [0.25, 0.3) is 0 Å². The zero-order chi connectivity index (χ0) is 17.9. The lowest BCUT2D eigenvalue weighted by Gasteiger charge is -2.18. The quantitative estimate of drug-likeness (QED) is 0.670. The number of rotatable bonds is 6. The van der Waals surface area contributed by atoms with Gasteiger partial charge >= 0.3 is 5.97 Å². The van der Waals surface area contributed by atoms with Gasteiger partial charge < -0.3 is 9.84 Å². The maximum Gasteiger partial charge on any atom is 0.336 e. The number of hydrogen-bond acceptors (Lipinski definition) is 4. The number of halogens is 1. The molecule has 0 heterocycles. The highest BCUT2D eigenvalue weighted by Crippen LogP contribution is 2.22. The molecule has 2 aromatic rings. The Labute approximate surface area is 154 Å². The molecule has 0 aliphatic heterocycles. The van der Waals surface area contributed by atoms with E-state index in [1.165, 1.54) is 29.6 Å². The molecule has 0 aliphatic carbocycles. The molecule has 0 saturated heterocycles. The first-order chi connectivity index (χ1) is 11.3. The summed E-state index contributed by atoms with van der Waals surface area (Å²) < 4.78 is 32.0. The zero-order valence-electron chi connectivity index (χ0n) is 13.1. The number of carboxylic acid groups (broad SMARTS) is 1. The first kappa shape index (κ1) is 18.7. The molecule has 0 spiro atoms. The second kappa shape index (κ2) is 7.49. The molecular weight excluding hydrogens is 445 g/mol. The molecule has 0 atom stereocenters. The molecule has 0 radical (unpaired) electrons. The molecule has 0 saturated carbocycles. The third kappa shape index (κ3) is 4.05. The van der Waals surface area contributed by atoms with E-state index in [0.29, 0.717) is 9.32 Å². The summed E-state index contributed by atoms with van der Waals surface area (Å²) in [5.74, 6) is -0.470. The van der Waals surface area contributed by atoms with Crippen LogP contribution in [0.4, 0.5) is 0 Å². The molecule has 2 rings (SSSR count). The van der Waals surface area contributed by atoms with Gasteiger partial charge in [-0.25, -0.2) is 13.2 Å². The maximum atomic E-state index is 12.7. The number of methoxy groups -OCH3 is 1. The van der Waals surface area contributed by atoms with E-state index in [9.17, 15) is 13.2 Å². The summed E-state index contributed by atoms with van der Waals surface area (Å²) in [5.41, 5.74) is 0.764. The van der Waals surface area contributed by atoms with Crippen molar-refractivity contribution in [1.82, 2.24) is 4.31 Å². The fourth-order valence-corrected chi connectivity index (χ4v) is 3.83. The van der Waals surface area contributed by atoms with Crippen molar-refractivity contribution < 1.29 is 23.1 Å². The van der Waals surface area contributed by atoms with Gasteiger partial charge in [-0.2, -0.15) is 4.31 Å². The van der Waals surface area contributed by atoms with Crippen LogP contribution in [0.1, 0.15) is 15.9 Å². The Kier molecular flexibility index (Phi) is 5.83. The molecule has 24 heavy (non-hydrogen) atoms. The number of nitrogens with zero attached hydrogens (tertiary/aromatic N) is 1. The van der Waals surface area contributed by atoms with Crippen LogP contribution in [0.2, 0.25) is 0 Å². The second-order valence-corrected chi connectivity index (χ2v) is 8.26. The topological polar surface area (TPSA) is 83.9 Å². The number of sulfonamides is 1. The first-order valence-electron chi connectivity index (χ1n) is 6.88. The maximum absolute atomic E-state index is 12.7. The van der Waals surface area contributed by atoms with Crippen molar-refractivity contribution in [2.75, 3.05) is 14.2 Å². The van der Waals surface area contributed by atoms with Gasteiger partial charge in [-0.1, -0.05) is 12.1 Å². The normalized spacial score (nSPS) is 11.5. The average molecular weight is 461 g/mol. The second-order valence-electron chi connectivity index (χ2n) is 5.06. The van der Waals surface area contributed by atoms with E-state index in [2.05, 4.69) is 0 Å². The van der Waals surface area contributed by atoms with E-state index in [-0.39, 0.29) is 17.0 Å². The van der Waals surface area contributed by atoms with Crippen LogP contribution in [0.3, 0.4) is 0 Å². The molecular formula is C16H16INO5S. The van der Waals surface area contributed by atoms with Crippen LogP contribution in [-0.2, 0) is 16.6 Å². The molecule has 6 nitrogen and oxygen atoms in total. The fourth-order valence-electron chi connectivity index (χ4n) is 2.08. The summed E-state index contributed by atoms with van der Waals surface area (Å²) in [6.07, 6.45) is 0. The number of ether oxygens (including phenoxy) is 1. The Morgan fingerprint density at radius 3 is 2.38 bits per heavy atom. The minimum atomic E-state index is -3.79. The van der Waals surface area contributed by atoms with Crippen LogP contribution >= 0.6 is 22.6 Å². The lowest BCUT2D eigenvalue weighted by molar-refractivity contribution is 0.0695. The van der Waals surface area contributed by atoms with Crippen LogP contribution in [-0.4, -0.2) is 38.0 Å². The van der Waals surface area contributed by atoms with E-state index in [1.807, 2.05) is 22.6 Å². The lowest BCUT2D eigenvalue weighted by atomic mass is 10.2. The monoisotopic (exact) mass is 461 g/mol. The summed E-state index contributed by atoms with van der Waals surface area (Å²) in [6.45, 7) is 0.167. The van der Waals surface area contributed by atoms with Crippen molar-refractivity contribution in [3.63, 3.8) is 0 Å². The summed E-state index contributed by atoms with van der Waals surface area (Å²) in [6, 6.07) is 11.1. The molecule has 2 aromatic carbocycles. The number of aromatic carboxylic acids is 1. The minimum Gasteiger partial charge on any atom is -0.497 e. The van der Waals surface area contributed by atoms with Gasteiger partial charge in [0.1, 0.15) is 5.75 Å². The summed E-state index contributed by atoms with van der Waals surface area (Å²) in [7, 11) is -0.776. The summed E-state index contributed by atoms with van der Waals surface area (Å²) >= 11 is 1.86. The van der Waals surface area contributed by atoms with Crippen molar-refractivity contribution in [3.05, 3.63) is 57.2 Å². The Morgan fingerprint density at radius 2 is 1.83 bits per heavy atom. The minimum absolute atomic E-state index is 0.0328. The molecule has 0 aliphatic rings. The van der Waals surface area contributed by atoms with Gasteiger partial charge in [-0.3, -0.25) is 0 Å². The lowest BCUT2D eigenvalue weighted by Crippen LogP contribution is -2.26. The smallest absolute Gasteiger partial charge is 0.336 e. The van der Waals surface area contributed by atoms with Crippen LogP contribution in [0.15, 0.2) is 47.4 Å². The Balaban J connectivity index is 2.28. The van der Waals surface area contributed by atoms with Gasteiger partial charge in [0.2, 0.25) is 10.0 Å². The van der Waals surface area contributed by atoms with E-state index in [1.54, 1.807) is 31.4 Å². The van der Waals surface area contributed by atoms with Crippen molar-refractivity contribution >= 4 is 38.6 Å². The third-order valence-corrected chi connectivity index (χ3v) is 6.18. The number of benzene rings is 2. The Bertz CT molecular complexity index is 849. The van der Waals surface area contributed by atoms with Crippen molar-refractivity contribution in [3.8, 4) is 5.75 Å². The predicted molar refractivity (Wildman–Crippen MR) is 97.8 cm³/mol. The number of carboxylic acids is 1. The molecule has 0 amide bonds. The van der Waals surface area contributed by atoms with Gasteiger partial charge in [-0.15, -0.1) is 0 Å². The van der Waals surface area contributed by atoms with Crippen molar-refractivity contribution in [2.24, 2.45) is 0 Å². The highest BCUT2D eigenvalue weighted by molar-refractivity contribution is 14.1. The van der Waals surface area contributed by atoms with E-state index >= 15 is 0 Å². The molecule has 0 bridgehead atoms. The van der Waals surface area contributed by atoms with E-state index in [0.717, 1.165) is 5.56 Å². The van der Waals surface area contributed by atoms with E-state index in [4.69, 9.17) is 9.84 Å². The number of carbonyl (C=O) groups is 1. The van der Waals surface area contributed by atoms with Crippen LogP contribution in [0.5, 0.6) is 5.75 Å². The van der Waals surface area contributed by atoms with Crippen LogP contribution in [0, 0.1) is 3.57 Å². The third-order valence-electron chi connectivity index (χ3n) is 3.44. The van der Waals surface area contributed by atoms with E-state index < -0.39 is 16.0 Å². The molecule has 0 unspecified atom stereocenters. The van der Waals surface area contributed by atoms with Gasteiger partial charge in [0.15, 0.2) is 0 Å². The standard InChI is InChI=1S/C16H16INO5S/c1-18(10-11-3-5-12(23-2)6-4-11)24(21,22)13-7-8-15(17)14(9-13)16(19)20/h3-9H,10H2,1-2H3,(H,19,20). The Hall–Kier alpha value is -1.65. The van der Waals surface area contributed by atoms with Gasteiger partial charge in [-0.05, 0) is 58.5 Å². The van der Waals surface area contributed by atoms with Gasteiger partial charge in [0, 0.05) is 17.2 Å². The molecule has 128 valence electrons. The zero-order valence-corrected chi connectivity index (χ0v) is 16.0. The molecule has 1 N–H and O–H groups in total. The summed E-state index contributed by atoms with van der Waals surface area (Å²) in [4.78, 5) is 11.2. The molecule has 0 fully saturated rings. The van der Waals surface area contributed by atoms with Crippen molar-refractivity contribution in [1.29, 1.82) is 0 Å². The first-order valence-corrected chi connectivity index (χ1v) is 9.39. The van der Waals surface area contributed by atoms with Crippen molar-refractivity contribution in [2.45, 2.75) is 11.4 Å². The number of hydrogen-bond donors (Lipinski definition) is 1. The average Bonchev–Trinajstić information content (AvgIpc) is 2.55. The molecule has 0 aromatic heterocycles.